The molecule has 1 aromatic heterocycles. The van der Waals surface area contributed by atoms with Gasteiger partial charge in [-0.05, 0) is 65.8 Å². The quantitative estimate of drug-likeness (QED) is 0.815. The Morgan fingerprint density at radius 1 is 1.26 bits per heavy atom. The molecule has 0 bridgehead atoms. The van der Waals surface area contributed by atoms with Crippen LogP contribution in [0.4, 0.5) is 0 Å². The van der Waals surface area contributed by atoms with Gasteiger partial charge in [0.25, 0.3) is 5.91 Å². The Morgan fingerprint density at radius 2 is 1.93 bits per heavy atom. The van der Waals surface area contributed by atoms with Crippen LogP contribution in [0.1, 0.15) is 61.3 Å². The molecule has 146 valence electrons. The molecule has 1 aliphatic carbocycles. The molecule has 5 heteroatoms. The van der Waals surface area contributed by atoms with Crippen LogP contribution in [0.3, 0.4) is 0 Å². The topological polar surface area (TPSA) is 50.2 Å². The third-order valence-electron chi connectivity index (χ3n) is 5.13. The number of benzene rings is 1. The molecule has 1 fully saturated rings. The van der Waals surface area contributed by atoms with Crippen molar-refractivity contribution >= 4 is 5.91 Å². The fraction of sp³-hybridized carbons (Fsp3) is 0.545. The summed E-state index contributed by atoms with van der Waals surface area (Å²) in [5, 5.41) is 7.88. The number of hydrogen-bond acceptors (Lipinski definition) is 3. The predicted molar refractivity (Wildman–Crippen MR) is 109 cm³/mol. The minimum atomic E-state index is -0.217. The lowest BCUT2D eigenvalue weighted by atomic mass is 10.1. The molecule has 3 rings (SSSR count). The molecule has 1 unspecified atom stereocenters. The average molecular weight is 369 g/mol. The first-order valence-electron chi connectivity index (χ1n) is 9.84. The molecular formula is C22H32N4O. The zero-order valence-corrected chi connectivity index (χ0v) is 17.2. The third kappa shape index (κ3) is 4.98. The van der Waals surface area contributed by atoms with E-state index in [1.165, 1.54) is 18.4 Å². The molecule has 0 spiro atoms. The summed E-state index contributed by atoms with van der Waals surface area (Å²) < 4.78 is 1.89. The van der Waals surface area contributed by atoms with Crippen LogP contribution in [-0.2, 0) is 12.0 Å². The minimum absolute atomic E-state index is 0.0377. The fourth-order valence-corrected chi connectivity index (χ4v) is 3.28. The Bertz CT molecular complexity index is 769. The highest BCUT2D eigenvalue weighted by atomic mass is 16.2. The van der Waals surface area contributed by atoms with Crippen LogP contribution in [0.25, 0.3) is 0 Å². The van der Waals surface area contributed by atoms with E-state index in [1.807, 2.05) is 16.8 Å². The normalized spacial score (nSPS) is 15.8. The largest absolute Gasteiger partial charge is 0.349 e. The van der Waals surface area contributed by atoms with Gasteiger partial charge in [0.05, 0.1) is 11.2 Å². The Morgan fingerprint density at radius 3 is 2.48 bits per heavy atom. The number of carbonyl (C=O) groups is 1. The van der Waals surface area contributed by atoms with Gasteiger partial charge in [-0.1, -0.05) is 30.3 Å². The SMILES string of the molecule is CN(C)C(CNC(=O)c1cc(C2CC2)nn1C(C)(C)C)Cc1ccccc1. The fourth-order valence-electron chi connectivity index (χ4n) is 3.28. The number of nitrogens with zero attached hydrogens (tertiary/aromatic N) is 3. The number of amides is 1. The van der Waals surface area contributed by atoms with E-state index in [-0.39, 0.29) is 17.5 Å². The van der Waals surface area contributed by atoms with E-state index in [1.54, 1.807) is 0 Å². The van der Waals surface area contributed by atoms with Crippen LogP contribution in [-0.4, -0.2) is 47.3 Å². The number of likely N-dealkylation sites (N-methyl/N-ethyl adjacent to an activating group) is 1. The second kappa shape index (κ2) is 7.85. The van der Waals surface area contributed by atoms with Gasteiger partial charge in [0.1, 0.15) is 5.69 Å². The summed E-state index contributed by atoms with van der Waals surface area (Å²) in [6.07, 6.45) is 3.27. The molecule has 1 atom stereocenters. The Balaban J connectivity index is 1.70. The molecule has 1 N–H and O–H groups in total. The second-order valence-corrected chi connectivity index (χ2v) is 8.83. The molecule has 1 saturated carbocycles. The summed E-state index contributed by atoms with van der Waals surface area (Å²) in [6.45, 7) is 6.87. The maximum absolute atomic E-state index is 13.0. The highest BCUT2D eigenvalue weighted by molar-refractivity contribution is 5.92. The van der Waals surface area contributed by atoms with Crippen molar-refractivity contribution in [2.45, 2.75) is 57.5 Å². The first-order valence-corrected chi connectivity index (χ1v) is 9.84. The van der Waals surface area contributed by atoms with E-state index in [4.69, 9.17) is 5.10 Å². The number of nitrogens with one attached hydrogen (secondary N) is 1. The first-order chi connectivity index (χ1) is 12.8. The molecule has 0 radical (unpaired) electrons. The molecule has 0 aliphatic heterocycles. The van der Waals surface area contributed by atoms with Crippen molar-refractivity contribution in [3.63, 3.8) is 0 Å². The molecule has 27 heavy (non-hydrogen) atoms. The van der Waals surface area contributed by atoms with Crippen molar-refractivity contribution in [3.05, 3.63) is 53.3 Å². The lowest BCUT2D eigenvalue weighted by Gasteiger charge is -2.26. The van der Waals surface area contributed by atoms with Gasteiger partial charge in [-0.25, -0.2) is 0 Å². The maximum Gasteiger partial charge on any atom is 0.269 e. The van der Waals surface area contributed by atoms with Crippen molar-refractivity contribution in [2.75, 3.05) is 20.6 Å². The van der Waals surface area contributed by atoms with Gasteiger partial charge >= 0.3 is 0 Å². The van der Waals surface area contributed by atoms with Gasteiger partial charge in [0.2, 0.25) is 0 Å². The molecule has 2 aromatic rings. The first kappa shape index (κ1) is 19.6. The van der Waals surface area contributed by atoms with Gasteiger partial charge in [-0.15, -0.1) is 0 Å². The van der Waals surface area contributed by atoms with Crippen LogP contribution < -0.4 is 5.32 Å². The number of rotatable bonds is 7. The molecule has 1 heterocycles. The number of aromatic nitrogens is 2. The monoisotopic (exact) mass is 368 g/mol. The predicted octanol–water partition coefficient (Wildman–Crippen LogP) is 3.42. The van der Waals surface area contributed by atoms with Crippen LogP contribution in [0, 0.1) is 0 Å². The zero-order valence-electron chi connectivity index (χ0n) is 17.2. The molecule has 0 saturated heterocycles. The van der Waals surface area contributed by atoms with E-state index in [0.717, 1.165) is 12.1 Å². The Kier molecular flexibility index (Phi) is 5.70. The summed E-state index contributed by atoms with van der Waals surface area (Å²) in [5.74, 6) is 0.497. The maximum atomic E-state index is 13.0. The minimum Gasteiger partial charge on any atom is -0.349 e. The number of carbonyl (C=O) groups excluding carboxylic acids is 1. The molecule has 1 aromatic carbocycles. The van der Waals surface area contributed by atoms with Crippen molar-refractivity contribution in [1.29, 1.82) is 0 Å². The van der Waals surface area contributed by atoms with Gasteiger partial charge in [-0.3, -0.25) is 9.48 Å². The highest BCUT2D eigenvalue weighted by Crippen LogP contribution is 2.40. The van der Waals surface area contributed by atoms with Gasteiger partial charge < -0.3 is 10.2 Å². The van der Waals surface area contributed by atoms with Crippen LogP contribution >= 0.6 is 0 Å². The van der Waals surface area contributed by atoms with E-state index in [2.05, 4.69) is 69.3 Å². The van der Waals surface area contributed by atoms with Crippen molar-refractivity contribution in [2.24, 2.45) is 0 Å². The summed E-state index contributed by atoms with van der Waals surface area (Å²) in [5.41, 5.74) is 2.79. The van der Waals surface area contributed by atoms with E-state index in [0.29, 0.717) is 18.2 Å². The molecule has 5 nitrogen and oxygen atoms in total. The second-order valence-electron chi connectivity index (χ2n) is 8.83. The summed E-state index contributed by atoms with van der Waals surface area (Å²) >= 11 is 0. The van der Waals surface area contributed by atoms with Gasteiger partial charge in [-0.2, -0.15) is 5.10 Å². The lowest BCUT2D eigenvalue weighted by Crippen LogP contribution is -2.42. The van der Waals surface area contributed by atoms with Crippen molar-refractivity contribution in [1.82, 2.24) is 20.0 Å². The summed E-state index contributed by atoms with van der Waals surface area (Å²) in [6, 6.07) is 12.6. The van der Waals surface area contributed by atoms with Crippen LogP contribution in [0.15, 0.2) is 36.4 Å². The van der Waals surface area contributed by atoms with Gasteiger partial charge in [0, 0.05) is 18.5 Å². The smallest absolute Gasteiger partial charge is 0.269 e. The molecular weight excluding hydrogens is 336 g/mol. The Labute approximate surface area is 162 Å². The van der Waals surface area contributed by atoms with Crippen molar-refractivity contribution in [3.8, 4) is 0 Å². The lowest BCUT2D eigenvalue weighted by molar-refractivity contribution is 0.0923. The van der Waals surface area contributed by atoms with Gasteiger partial charge in [0.15, 0.2) is 0 Å². The van der Waals surface area contributed by atoms with Crippen LogP contribution in [0.2, 0.25) is 0 Å². The van der Waals surface area contributed by atoms with E-state index >= 15 is 0 Å². The van der Waals surface area contributed by atoms with E-state index in [9.17, 15) is 4.79 Å². The molecule has 1 aliphatic rings. The Hall–Kier alpha value is -2.14. The molecule has 1 amide bonds. The summed E-state index contributed by atoms with van der Waals surface area (Å²) in [7, 11) is 4.12. The standard InChI is InChI=1S/C22H32N4O/c1-22(2,3)26-20(14-19(24-26)17-11-12-17)21(27)23-15-18(25(4)5)13-16-9-7-6-8-10-16/h6-10,14,17-18H,11-13,15H2,1-5H3,(H,23,27). The third-order valence-corrected chi connectivity index (χ3v) is 5.13. The number of hydrogen-bond donors (Lipinski definition) is 1. The highest BCUT2D eigenvalue weighted by Gasteiger charge is 2.31. The average Bonchev–Trinajstić information content (AvgIpc) is 3.36. The van der Waals surface area contributed by atoms with E-state index < -0.39 is 0 Å². The zero-order chi connectivity index (χ0) is 19.6. The summed E-state index contributed by atoms with van der Waals surface area (Å²) in [4.78, 5) is 15.1. The van der Waals surface area contributed by atoms with Crippen molar-refractivity contribution < 1.29 is 4.79 Å². The van der Waals surface area contributed by atoms with Crippen LogP contribution in [0.5, 0.6) is 0 Å².